The maximum atomic E-state index is 11.4. The van der Waals surface area contributed by atoms with Crippen molar-refractivity contribution in [3.63, 3.8) is 0 Å². The van der Waals surface area contributed by atoms with Crippen LogP contribution in [0.1, 0.15) is 68.2 Å². The summed E-state index contributed by atoms with van der Waals surface area (Å²) >= 11 is 0. The van der Waals surface area contributed by atoms with Gasteiger partial charge in [0.15, 0.2) is 5.75 Å². The Kier molecular flexibility index (Phi) is 7.04. The maximum Gasteiger partial charge on any atom is 0.306 e. The number of aromatic amines is 1. The number of aryl methyl sites for hydroxylation is 2. The van der Waals surface area contributed by atoms with Gasteiger partial charge >= 0.3 is 5.97 Å². The minimum absolute atomic E-state index is 0.101. The van der Waals surface area contributed by atoms with Crippen LogP contribution in [-0.4, -0.2) is 37.3 Å². The molecule has 0 spiro atoms. The SMILES string of the molecule is Cc1noc(-c2ccc(OC3CCC[C@H](C(=O)O)C3)c(C)[nH+]2)c1CNc1ncnc(C(C)C)n1. The number of nitrogens with one attached hydrogen (secondary N) is 2. The normalized spacial score (nSPS) is 18.1. The van der Waals surface area contributed by atoms with E-state index in [1.165, 1.54) is 6.33 Å². The lowest BCUT2D eigenvalue weighted by Gasteiger charge is -2.27. The number of ether oxygens (including phenoxy) is 1. The number of rotatable bonds is 8. The first-order valence-electron chi connectivity index (χ1n) is 11.6. The van der Waals surface area contributed by atoms with E-state index in [0.29, 0.717) is 36.8 Å². The van der Waals surface area contributed by atoms with Gasteiger partial charge in [0.1, 0.15) is 12.2 Å². The van der Waals surface area contributed by atoms with Crippen LogP contribution >= 0.6 is 0 Å². The Morgan fingerprint density at radius 1 is 1.29 bits per heavy atom. The molecule has 0 saturated heterocycles. The second-order valence-corrected chi connectivity index (χ2v) is 9.05. The average Bonchev–Trinajstić information content (AvgIpc) is 3.19. The highest BCUT2D eigenvalue weighted by Crippen LogP contribution is 2.30. The summed E-state index contributed by atoms with van der Waals surface area (Å²) in [5, 5.41) is 16.7. The smallest absolute Gasteiger partial charge is 0.306 e. The fraction of sp³-hybridized carbons (Fsp3) is 0.500. The molecule has 1 fully saturated rings. The number of carboxylic acid groups (broad SMARTS) is 1. The highest BCUT2D eigenvalue weighted by molar-refractivity contribution is 5.70. The van der Waals surface area contributed by atoms with E-state index in [0.717, 1.165) is 41.3 Å². The molecule has 1 aliphatic carbocycles. The van der Waals surface area contributed by atoms with Crippen molar-refractivity contribution in [3.8, 4) is 17.2 Å². The maximum absolute atomic E-state index is 11.4. The molecule has 3 aromatic heterocycles. The first-order valence-corrected chi connectivity index (χ1v) is 11.6. The fourth-order valence-corrected chi connectivity index (χ4v) is 4.15. The zero-order valence-corrected chi connectivity index (χ0v) is 20.0. The molecule has 3 aromatic rings. The van der Waals surface area contributed by atoms with Gasteiger partial charge < -0.3 is 19.7 Å². The number of nitrogens with zero attached hydrogens (tertiary/aromatic N) is 4. The number of pyridine rings is 1. The third kappa shape index (κ3) is 5.32. The molecule has 1 aliphatic rings. The van der Waals surface area contributed by atoms with Crippen molar-refractivity contribution in [3.05, 3.63) is 41.2 Å². The van der Waals surface area contributed by atoms with Gasteiger partial charge in [0, 0.05) is 31.0 Å². The van der Waals surface area contributed by atoms with Crippen molar-refractivity contribution in [2.45, 2.75) is 71.9 Å². The molecular formula is C24H31N6O4+. The molecule has 3 heterocycles. The molecule has 0 aliphatic heterocycles. The van der Waals surface area contributed by atoms with Crippen LogP contribution in [-0.2, 0) is 11.3 Å². The van der Waals surface area contributed by atoms with E-state index in [9.17, 15) is 9.90 Å². The molecule has 10 heteroatoms. The standard InChI is InChI=1S/C24H30N6O4/c1-13(2)22-26-12-27-24(29-22)25-11-18-14(3)30-34-21(18)19-8-9-20(15(4)28-19)33-17-7-5-6-16(10-17)23(31)32/h8-9,12-13,16-17H,5-7,10-11H2,1-4H3,(H,31,32)(H,25,26,27,29)/p+1/t16-,17?/m0/s1. The molecule has 180 valence electrons. The van der Waals surface area contributed by atoms with Gasteiger partial charge in [-0.2, -0.15) is 4.98 Å². The van der Waals surface area contributed by atoms with E-state index in [1.807, 2.05) is 39.8 Å². The molecule has 2 atom stereocenters. The number of anilines is 1. The largest absolute Gasteiger partial charge is 0.484 e. The number of aliphatic carboxylic acids is 1. The Balaban J connectivity index is 1.48. The first-order chi connectivity index (χ1) is 16.3. The Hall–Kier alpha value is -3.56. The van der Waals surface area contributed by atoms with Gasteiger partial charge in [0.05, 0.1) is 17.7 Å². The minimum atomic E-state index is -0.744. The van der Waals surface area contributed by atoms with Crippen molar-refractivity contribution < 1.29 is 24.1 Å². The van der Waals surface area contributed by atoms with E-state index in [4.69, 9.17) is 9.26 Å². The third-order valence-corrected chi connectivity index (χ3v) is 6.12. The van der Waals surface area contributed by atoms with Crippen LogP contribution < -0.4 is 15.0 Å². The van der Waals surface area contributed by atoms with Crippen LogP contribution in [0.5, 0.6) is 5.75 Å². The molecule has 0 radical (unpaired) electrons. The van der Waals surface area contributed by atoms with Crippen LogP contribution in [0.25, 0.3) is 11.5 Å². The van der Waals surface area contributed by atoms with Crippen LogP contribution in [0.15, 0.2) is 23.0 Å². The molecule has 1 saturated carbocycles. The van der Waals surface area contributed by atoms with Gasteiger partial charge in [0.25, 0.3) is 0 Å². The first kappa shape index (κ1) is 23.6. The molecule has 1 unspecified atom stereocenters. The van der Waals surface area contributed by atoms with Crippen molar-refractivity contribution in [2.24, 2.45) is 5.92 Å². The Morgan fingerprint density at radius 3 is 2.85 bits per heavy atom. The number of hydrogen-bond donors (Lipinski definition) is 2. The molecule has 0 aromatic carbocycles. The van der Waals surface area contributed by atoms with Crippen molar-refractivity contribution in [2.75, 3.05) is 5.32 Å². The number of carbonyl (C=O) groups is 1. The average molecular weight is 468 g/mol. The molecule has 34 heavy (non-hydrogen) atoms. The summed E-state index contributed by atoms with van der Waals surface area (Å²) in [6.45, 7) is 8.33. The van der Waals surface area contributed by atoms with Gasteiger partial charge in [-0.25, -0.2) is 15.0 Å². The summed E-state index contributed by atoms with van der Waals surface area (Å²) in [5.41, 5.74) is 3.27. The van der Waals surface area contributed by atoms with Crippen LogP contribution in [0.2, 0.25) is 0 Å². The van der Waals surface area contributed by atoms with Crippen molar-refractivity contribution in [1.82, 2.24) is 20.1 Å². The Bertz CT molecular complexity index is 1160. The van der Waals surface area contributed by atoms with Gasteiger partial charge in [0.2, 0.25) is 23.1 Å². The second kappa shape index (κ2) is 10.1. The van der Waals surface area contributed by atoms with Crippen LogP contribution in [0.3, 0.4) is 0 Å². The predicted octanol–water partition coefficient (Wildman–Crippen LogP) is 3.72. The molecular weight excluding hydrogens is 436 g/mol. The molecule has 4 rings (SSSR count). The zero-order valence-electron chi connectivity index (χ0n) is 20.0. The van der Waals surface area contributed by atoms with Gasteiger partial charge in [-0.3, -0.25) is 4.79 Å². The summed E-state index contributed by atoms with van der Waals surface area (Å²) in [6, 6.07) is 3.78. The molecule has 0 bridgehead atoms. The van der Waals surface area contributed by atoms with Crippen molar-refractivity contribution >= 4 is 11.9 Å². The summed E-state index contributed by atoms with van der Waals surface area (Å²) < 4.78 is 11.8. The number of aromatic nitrogens is 5. The topological polar surface area (TPSA) is 137 Å². The van der Waals surface area contributed by atoms with Gasteiger partial charge in [-0.15, -0.1) is 0 Å². The van der Waals surface area contributed by atoms with E-state index < -0.39 is 5.97 Å². The number of H-pyrrole nitrogens is 1. The van der Waals surface area contributed by atoms with E-state index in [2.05, 4.69) is 30.4 Å². The molecule has 0 amide bonds. The minimum Gasteiger partial charge on any atom is -0.484 e. The van der Waals surface area contributed by atoms with Crippen LogP contribution in [0, 0.1) is 19.8 Å². The van der Waals surface area contributed by atoms with E-state index in [-0.39, 0.29) is 17.9 Å². The quantitative estimate of drug-likeness (QED) is 0.507. The van der Waals surface area contributed by atoms with Gasteiger partial charge in [-0.05, 0) is 38.7 Å². The number of carboxylic acids is 1. The summed E-state index contributed by atoms with van der Waals surface area (Å²) in [5.74, 6) is 1.69. The van der Waals surface area contributed by atoms with E-state index in [1.54, 1.807) is 0 Å². The summed E-state index contributed by atoms with van der Waals surface area (Å²) in [7, 11) is 0. The lowest BCUT2D eigenvalue weighted by Crippen LogP contribution is -2.30. The summed E-state index contributed by atoms with van der Waals surface area (Å²) in [6.07, 6.45) is 4.37. The molecule has 10 nitrogen and oxygen atoms in total. The number of hydrogen-bond acceptors (Lipinski definition) is 8. The monoisotopic (exact) mass is 467 g/mol. The third-order valence-electron chi connectivity index (χ3n) is 6.12. The fourth-order valence-electron chi connectivity index (χ4n) is 4.15. The highest BCUT2D eigenvalue weighted by atomic mass is 16.5. The van der Waals surface area contributed by atoms with E-state index >= 15 is 0 Å². The van der Waals surface area contributed by atoms with Gasteiger partial charge in [-0.1, -0.05) is 19.0 Å². The highest BCUT2D eigenvalue weighted by Gasteiger charge is 2.29. The van der Waals surface area contributed by atoms with Crippen LogP contribution in [0.4, 0.5) is 5.95 Å². The summed E-state index contributed by atoms with van der Waals surface area (Å²) in [4.78, 5) is 27.6. The zero-order chi connectivity index (χ0) is 24.2. The van der Waals surface area contributed by atoms with Crippen molar-refractivity contribution in [1.29, 1.82) is 0 Å². The predicted molar refractivity (Wildman–Crippen MR) is 123 cm³/mol. The molecule has 3 N–H and O–H groups in total. The Labute approximate surface area is 198 Å². The Morgan fingerprint density at radius 2 is 2.12 bits per heavy atom. The lowest BCUT2D eigenvalue weighted by molar-refractivity contribution is -0.376. The second-order valence-electron chi connectivity index (χ2n) is 9.05. The lowest BCUT2D eigenvalue weighted by atomic mass is 9.87.